The number of hydrogen-bond donors (Lipinski definition) is 2. The van der Waals surface area contributed by atoms with Gasteiger partial charge >= 0.3 is 0 Å². The van der Waals surface area contributed by atoms with E-state index in [0.29, 0.717) is 22.0 Å². The quantitative estimate of drug-likeness (QED) is 0.658. The molecule has 2 rings (SSSR count). The molecule has 1 unspecified atom stereocenters. The second-order valence-corrected chi connectivity index (χ2v) is 5.36. The molecule has 1 saturated heterocycles. The van der Waals surface area contributed by atoms with E-state index in [1.165, 1.54) is 12.2 Å². The van der Waals surface area contributed by atoms with Gasteiger partial charge in [0.2, 0.25) is 17.7 Å². The molecule has 0 radical (unpaired) electrons. The molecule has 0 saturated carbocycles. The first-order valence-electron chi connectivity index (χ1n) is 6.23. The fourth-order valence-electron chi connectivity index (χ4n) is 1.86. The third-order valence-electron chi connectivity index (χ3n) is 2.93. The molecule has 1 aliphatic heterocycles. The van der Waals surface area contributed by atoms with Gasteiger partial charge in [0.15, 0.2) is 0 Å². The van der Waals surface area contributed by atoms with Crippen LogP contribution in [0.5, 0.6) is 0 Å². The van der Waals surface area contributed by atoms with Crippen molar-refractivity contribution in [2.24, 2.45) is 0 Å². The third kappa shape index (κ3) is 4.31. The van der Waals surface area contributed by atoms with Gasteiger partial charge in [-0.25, -0.2) is 0 Å². The van der Waals surface area contributed by atoms with Crippen LogP contribution in [0.25, 0.3) is 6.08 Å². The summed E-state index contributed by atoms with van der Waals surface area (Å²) in [6.07, 6.45) is 3.28. The minimum Gasteiger partial charge on any atom is -0.341 e. The molecular formula is C14H12Cl2N2O3. The number of rotatable bonds is 3. The monoisotopic (exact) mass is 326 g/mol. The minimum absolute atomic E-state index is 0.209. The molecule has 0 bridgehead atoms. The van der Waals surface area contributed by atoms with Gasteiger partial charge in [-0.1, -0.05) is 23.2 Å². The maximum atomic E-state index is 11.8. The molecular weight excluding hydrogens is 315 g/mol. The Balaban J connectivity index is 1.98. The van der Waals surface area contributed by atoms with Gasteiger partial charge in [-0.15, -0.1) is 0 Å². The Labute approximate surface area is 131 Å². The lowest BCUT2D eigenvalue weighted by Gasteiger charge is -2.20. The molecule has 1 fully saturated rings. The van der Waals surface area contributed by atoms with Crippen LogP contribution >= 0.6 is 23.2 Å². The molecule has 1 heterocycles. The number of imide groups is 1. The van der Waals surface area contributed by atoms with E-state index < -0.39 is 17.9 Å². The predicted octanol–water partition coefficient (Wildman–Crippen LogP) is 1.93. The number of carbonyl (C=O) groups excluding carboxylic acids is 3. The van der Waals surface area contributed by atoms with Gasteiger partial charge in [0.05, 0.1) is 0 Å². The summed E-state index contributed by atoms with van der Waals surface area (Å²) in [5.74, 6) is -1.26. The maximum Gasteiger partial charge on any atom is 0.249 e. The summed E-state index contributed by atoms with van der Waals surface area (Å²) in [4.78, 5) is 34.3. The van der Waals surface area contributed by atoms with E-state index in [1.807, 2.05) is 0 Å². The Morgan fingerprint density at radius 2 is 2.10 bits per heavy atom. The van der Waals surface area contributed by atoms with Crippen LogP contribution in [0.4, 0.5) is 0 Å². The normalized spacial score (nSPS) is 18.7. The van der Waals surface area contributed by atoms with Gasteiger partial charge in [-0.2, -0.15) is 0 Å². The Morgan fingerprint density at radius 3 is 2.81 bits per heavy atom. The summed E-state index contributed by atoms with van der Waals surface area (Å²) in [6, 6.07) is 4.20. The van der Waals surface area contributed by atoms with Gasteiger partial charge in [-0.3, -0.25) is 19.7 Å². The standard InChI is InChI=1S/C14H12Cl2N2O3/c15-9-2-3-10(16)8(7-9)1-5-12(19)17-11-4-6-13(20)18-14(11)21/h1-3,5,7,11H,4,6H2,(H,17,19)(H,18,20,21). The van der Waals surface area contributed by atoms with Crippen LogP contribution in [0.3, 0.4) is 0 Å². The molecule has 1 aromatic carbocycles. The molecule has 21 heavy (non-hydrogen) atoms. The number of amides is 3. The van der Waals surface area contributed by atoms with Gasteiger partial charge < -0.3 is 5.32 Å². The van der Waals surface area contributed by atoms with E-state index >= 15 is 0 Å². The average Bonchev–Trinajstić information content (AvgIpc) is 2.43. The Bertz CT molecular complexity index is 629. The van der Waals surface area contributed by atoms with Crippen LogP contribution in [0.1, 0.15) is 18.4 Å². The van der Waals surface area contributed by atoms with Crippen LogP contribution in [0.2, 0.25) is 10.0 Å². The molecule has 110 valence electrons. The molecule has 5 nitrogen and oxygen atoms in total. The fourth-order valence-corrected chi connectivity index (χ4v) is 2.22. The van der Waals surface area contributed by atoms with Crippen molar-refractivity contribution in [2.45, 2.75) is 18.9 Å². The highest BCUT2D eigenvalue weighted by atomic mass is 35.5. The average molecular weight is 327 g/mol. The van der Waals surface area contributed by atoms with E-state index in [2.05, 4.69) is 10.6 Å². The molecule has 0 spiro atoms. The molecule has 2 N–H and O–H groups in total. The van der Waals surface area contributed by atoms with Gasteiger partial charge in [0, 0.05) is 22.5 Å². The predicted molar refractivity (Wildman–Crippen MR) is 79.8 cm³/mol. The lowest BCUT2D eigenvalue weighted by molar-refractivity contribution is -0.136. The summed E-state index contributed by atoms with van der Waals surface area (Å²) >= 11 is 11.8. The second kappa shape index (κ2) is 6.74. The minimum atomic E-state index is -0.699. The summed E-state index contributed by atoms with van der Waals surface area (Å²) in [5.41, 5.74) is 0.600. The third-order valence-corrected chi connectivity index (χ3v) is 3.51. The topological polar surface area (TPSA) is 75.3 Å². The van der Waals surface area contributed by atoms with Crippen LogP contribution in [-0.4, -0.2) is 23.8 Å². The maximum absolute atomic E-state index is 11.8. The Hall–Kier alpha value is -1.85. The summed E-state index contributed by atoms with van der Waals surface area (Å²) in [6.45, 7) is 0. The van der Waals surface area contributed by atoms with Crippen LogP contribution < -0.4 is 10.6 Å². The Kier molecular flexibility index (Phi) is 4.98. The summed E-state index contributed by atoms with van der Waals surface area (Å²) in [5, 5.41) is 5.66. The molecule has 0 aromatic heterocycles. The molecule has 1 aliphatic rings. The van der Waals surface area contributed by atoms with E-state index in [4.69, 9.17) is 23.2 Å². The van der Waals surface area contributed by atoms with Crippen molar-refractivity contribution in [1.29, 1.82) is 0 Å². The lowest BCUT2D eigenvalue weighted by atomic mass is 10.1. The van der Waals surface area contributed by atoms with Crippen molar-refractivity contribution in [3.05, 3.63) is 39.9 Å². The van der Waals surface area contributed by atoms with E-state index in [-0.39, 0.29) is 12.3 Å². The number of halogens is 2. The first-order valence-corrected chi connectivity index (χ1v) is 6.98. The zero-order valence-electron chi connectivity index (χ0n) is 10.9. The Morgan fingerprint density at radius 1 is 1.33 bits per heavy atom. The zero-order chi connectivity index (χ0) is 15.4. The van der Waals surface area contributed by atoms with E-state index in [9.17, 15) is 14.4 Å². The molecule has 1 aromatic rings. The number of benzene rings is 1. The first kappa shape index (κ1) is 15.5. The summed E-state index contributed by atoms with van der Waals surface area (Å²) < 4.78 is 0. The summed E-state index contributed by atoms with van der Waals surface area (Å²) in [7, 11) is 0. The van der Waals surface area contributed by atoms with Crippen LogP contribution in [-0.2, 0) is 14.4 Å². The van der Waals surface area contributed by atoms with Crippen molar-refractivity contribution in [2.75, 3.05) is 0 Å². The van der Waals surface area contributed by atoms with Gasteiger partial charge in [0.1, 0.15) is 6.04 Å². The fraction of sp³-hybridized carbons (Fsp3) is 0.214. The van der Waals surface area contributed by atoms with Crippen LogP contribution in [0.15, 0.2) is 24.3 Å². The molecule has 7 heteroatoms. The van der Waals surface area contributed by atoms with Gasteiger partial charge in [0.25, 0.3) is 0 Å². The van der Waals surface area contributed by atoms with Crippen molar-refractivity contribution >= 4 is 47.0 Å². The lowest BCUT2D eigenvalue weighted by Crippen LogP contribution is -2.51. The number of carbonyl (C=O) groups is 3. The van der Waals surface area contributed by atoms with Crippen molar-refractivity contribution in [3.8, 4) is 0 Å². The van der Waals surface area contributed by atoms with Crippen LogP contribution in [0, 0.1) is 0 Å². The van der Waals surface area contributed by atoms with E-state index in [1.54, 1.807) is 18.2 Å². The molecule has 1 atom stereocenters. The molecule has 3 amide bonds. The SMILES string of the molecule is O=C(C=Cc1cc(Cl)ccc1Cl)NC1CCC(=O)NC1=O. The van der Waals surface area contributed by atoms with Crippen molar-refractivity contribution in [1.82, 2.24) is 10.6 Å². The second-order valence-electron chi connectivity index (χ2n) is 4.51. The first-order chi connectivity index (χ1) is 9.95. The largest absolute Gasteiger partial charge is 0.341 e. The number of piperidine rings is 1. The number of nitrogens with one attached hydrogen (secondary N) is 2. The van der Waals surface area contributed by atoms with Crippen molar-refractivity contribution < 1.29 is 14.4 Å². The highest BCUT2D eigenvalue weighted by Crippen LogP contribution is 2.21. The zero-order valence-corrected chi connectivity index (χ0v) is 12.4. The highest BCUT2D eigenvalue weighted by molar-refractivity contribution is 6.34. The van der Waals surface area contributed by atoms with Gasteiger partial charge in [-0.05, 0) is 36.3 Å². The molecule has 0 aliphatic carbocycles. The number of hydrogen-bond acceptors (Lipinski definition) is 3. The smallest absolute Gasteiger partial charge is 0.249 e. The van der Waals surface area contributed by atoms with E-state index in [0.717, 1.165) is 0 Å². The highest BCUT2D eigenvalue weighted by Gasteiger charge is 2.27. The van der Waals surface area contributed by atoms with Crippen molar-refractivity contribution in [3.63, 3.8) is 0 Å².